The number of amides is 2. The molecule has 0 bridgehead atoms. The zero-order valence-corrected chi connectivity index (χ0v) is 14.5. The van der Waals surface area contributed by atoms with E-state index in [1.54, 1.807) is 31.4 Å². The highest BCUT2D eigenvalue weighted by Gasteiger charge is 2.19. The molecule has 0 fully saturated rings. The van der Waals surface area contributed by atoms with Gasteiger partial charge in [-0.05, 0) is 37.4 Å². The Morgan fingerprint density at radius 3 is 2.60 bits per heavy atom. The predicted octanol–water partition coefficient (Wildman–Crippen LogP) is 2.73. The highest BCUT2D eigenvalue weighted by Crippen LogP contribution is 2.17. The molecule has 0 unspecified atom stereocenters. The number of ether oxygens (including phenoxy) is 1. The Labute approximate surface area is 148 Å². The molecular weight excluding hydrogens is 350 g/mol. The van der Waals surface area contributed by atoms with Crippen molar-refractivity contribution in [3.05, 3.63) is 52.2 Å². The second-order valence-corrected chi connectivity index (χ2v) is 6.42. The van der Waals surface area contributed by atoms with Crippen molar-refractivity contribution in [2.75, 3.05) is 6.61 Å². The molecule has 1 aromatic carbocycles. The number of hydrogen-bond acceptors (Lipinski definition) is 4. The van der Waals surface area contributed by atoms with E-state index in [9.17, 15) is 18.4 Å². The van der Waals surface area contributed by atoms with Gasteiger partial charge in [0.15, 0.2) is 11.6 Å². The van der Waals surface area contributed by atoms with Crippen molar-refractivity contribution in [2.24, 2.45) is 0 Å². The molecule has 0 spiro atoms. The van der Waals surface area contributed by atoms with Crippen LogP contribution in [0.1, 0.15) is 23.5 Å². The van der Waals surface area contributed by atoms with Gasteiger partial charge in [0, 0.05) is 6.07 Å². The first-order valence-corrected chi connectivity index (χ1v) is 8.47. The van der Waals surface area contributed by atoms with Crippen LogP contribution in [0, 0.1) is 11.6 Å². The zero-order chi connectivity index (χ0) is 18.4. The quantitative estimate of drug-likeness (QED) is 0.790. The number of nitrogens with one attached hydrogen (secondary N) is 2. The number of thiophene rings is 1. The first kappa shape index (κ1) is 18.9. The van der Waals surface area contributed by atoms with Crippen LogP contribution >= 0.6 is 11.3 Å². The van der Waals surface area contributed by atoms with Gasteiger partial charge in [-0.2, -0.15) is 0 Å². The summed E-state index contributed by atoms with van der Waals surface area (Å²) in [7, 11) is 0. The van der Waals surface area contributed by atoms with Gasteiger partial charge in [0.05, 0.1) is 10.9 Å². The van der Waals surface area contributed by atoms with Crippen LogP contribution in [0.15, 0.2) is 35.7 Å². The maximum absolute atomic E-state index is 13.5. The molecule has 0 aliphatic heterocycles. The molecule has 0 aliphatic rings. The van der Waals surface area contributed by atoms with Gasteiger partial charge in [0.1, 0.15) is 18.5 Å². The van der Waals surface area contributed by atoms with E-state index >= 15 is 0 Å². The molecule has 5 nitrogen and oxygen atoms in total. The molecule has 2 N–H and O–H groups in total. The van der Waals surface area contributed by atoms with E-state index in [0.717, 1.165) is 12.1 Å². The molecule has 0 saturated carbocycles. The number of rotatable bonds is 7. The third kappa shape index (κ3) is 5.53. The lowest BCUT2D eigenvalue weighted by molar-refractivity contribution is -0.123. The fourth-order valence-electron chi connectivity index (χ4n) is 1.96. The molecule has 0 saturated heterocycles. The van der Waals surface area contributed by atoms with E-state index < -0.39 is 23.7 Å². The van der Waals surface area contributed by atoms with Gasteiger partial charge in [-0.3, -0.25) is 9.59 Å². The number of carbonyl (C=O) groups is 2. The van der Waals surface area contributed by atoms with Crippen molar-refractivity contribution >= 4 is 23.2 Å². The fourth-order valence-corrected chi connectivity index (χ4v) is 2.58. The summed E-state index contributed by atoms with van der Waals surface area (Å²) in [6.07, 6.45) is 0. The molecule has 0 aliphatic carbocycles. The molecule has 8 heteroatoms. The van der Waals surface area contributed by atoms with Crippen molar-refractivity contribution in [3.8, 4) is 5.75 Å². The molecule has 2 aromatic rings. The maximum Gasteiger partial charge on any atom is 0.261 e. The van der Waals surface area contributed by atoms with Crippen LogP contribution < -0.4 is 15.4 Å². The molecule has 2 rings (SSSR count). The lowest BCUT2D eigenvalue weighted by Crippen LogP contribution is -2.48. The van der Waals surface area contributed by atoms with Crippen LogP contribution in [0.2, 0.25) is 0 Å². The highest BCUT2D eigenvalue weighted by molar-refractivity contribution is 7.12. The summed E-state index contributed by atoms with van der Waals surface area (Å²) in [5, 5.41) is 7.02. The normalized spacial score (nSPS) is 13.0. The number of carbonyl (C=O) groups excluding carboxylic acids is 2. The standard InChI is InChI=1S/C17H18F2N2O3S/c1-10(9-24-14-6-5-12(18)8-13(14)19)20-16(22)11(2)21-17(23)15-4-3-7-25-15/h3-8,10-11H,9H2,1-2H3,(H,20,22)(H,21,23)/t10-,11+/m0/s1. The second kappa shape index (κ2) is 8.57. The van der Waals surface area contributed by atoms with Gasteiger partial charge in [-0.1, -0.05) is 6.07 Å². The number of hydrogen-bond donors (Lipinski definition) is 2. The molecular formula is C17H18F2N2O3S. The summed E-state index contributed by atoms with van der Waals surface area (Å²) < 4.78 is 31.5. The number of halogens is 2. The van der Waals surface area contributed by atoms with E-state index in [1.807, 2.05) is 0 Å². The van der Waals surface area contributed by atoms with Crippen molar-refractivity contribution in [1.29, 1.82) is 0 Å². The zero-order valence-electron chi connectivity index (χ0n) is 13.7. The Balaban J connectivity index is 1.79. The van der Waals surface area contributed by atoms with Gasteiger partial charge in [0.2, 0.25) is 5.91 Å². The van der Waals surface area contributed by atoms with Crippen LogP contribution in [0.3, 0.4) is 0 Å². The van der Waals surface area contributed by atoms with E-state index in [4.69, 9.17) is 4.74 Å². The van der Waals surface area contributed by atoms with E-state index in [1.165, 1.54) is 17.4 Å². The van der Waals surface area contributed by atoms with Crippen LogP contribution in [0.25, 0.3) is 0 Å². The van der Waals surface area contributed by atoms with Gasteiger partial charge in [-0.25, -0.2) is 8.78 Å². The largest absolute Gasteiger partial charge is 0.488 e. The Bertz CT molecular complexity index is 737. The number of benzene rings is 1. The first-order valence-electron chi connectivity index (χ1n) is 7.59. The fraction of sp³-hybridized carbons (Fsp3) is 0.294. The predicted molar refractivity (Wildman–Crippen MR) is 90.7 cm³/mol. The Kier molecular flexibility index (Phi) is 6.46. The molecule has 0 radical (unpaired) electrons. The van der Waals surface area contributed by atoms with Crippen molar-refractivity contribution in [1.82, 2.24) is 10.6 Å². The van der Waals surface area contributed by atoms with Gasteiger partial charge < -0.3 is 15.4 Å². The Morgan fingerprint density at radius 2 is 1.96 bits per heavy atom. The smallest absolute Gasteiger partial charge is 0.261 e. The summed E-state index contributed by atoms with van der Waals surface area (Å²) in [4.78, 5) is 24.5. The molecule has 1 aromatic heterocycles. The third-order valence-corrected chi connectivity index (χ3v) is 4.13. The molecule has 25 heavy (non-hydrogen) atoms. The van der Waals surface area contributed by atoms with Crippen LogP contribution in [0.4, 0.5) is 8.78 Å². The molecule has 134 valence electrons. The maximum atomic E-state index is 13.5. The van der Waals surface area contributed by atoms with Gasteiger partial charge in [-0.15, -0.1) is 11.3 Å². The van der Waals surface area contributed by atoms with Gasteiger partial charge in [0.25, 0.3) is 5.91 Å². The van der Waals surface area contributed by atoms with Crippen molar-refractivity contribution in [2.45, 2.75) is 25.9 Å². The average Bonchev–Trinajstić information content (AvgIpc) is 3.08. The third-order valence-electron chi connectivity index (χ3n) is 3.26. The summed E-state index contributed by atoms with van der Waals surface area (Å²) in [5.74, 6) is -2.31. The van der Waals surface area contributed by atoms with Crippen molar-refractivity contribution in [3.63, 3.8) is 0 Å². The van der Waals surface area contributed by atoms with Gasteiger partial charge >= 0.3 is 0 Å². The minimum Gasteiger partial charge on any atom is -0.488 e. The lowest BCUT2D eigenvalue weighted by Gasteiger charge is -2.19. The van der Waals surface area contributed by atoms with Crippen LogP contribution in [-0.4, -0.2) is 30.5 Å². The summed E-state index contributed by atoms with van der Waals surface area (Å²) in [5.41, 5.74) is 0. The van der Waals surface area contributed by atoms with E-state index in [-0.39, 0.29) is 24.2 Å². The topological polar surface area (TPSA) is 67.4 Å². The minimum absolute atomic E-state index is 0.000116. The molecule has 1 heterocycles. The minimum atomic E-state index is -0.810. The Hall–Kier alpha value is -2.48. The summed E-state index contributed by atoms with van der Waals surface area (Å²) in [6.45, 7) is 3.24. The highest BCUT2D eigenvalue weighted by atomic mass is 32.1. The van der Waals surface area contributed by atoms with Crippen LogP contribution in [0.5, 0.6) is 5.75 Å². The van der Waals surface area contributed by atoms with Crippen molar-refractivity contribution < 1.29 is 23.1 Å². The monoisotopic (exact) mass is 368 g/mol. The SMILES string of the molecule is C[C@@H](COc1ccc(F)cc1F)NC(=O)[C@@H](C)NC(=O)c1cccs1. The summed E-state index contributed by atoms with van der Waals surface area (Å²) in [6, 6.07) is 5.24. The lowest BCUT2D eigenvalue weighted by atomic mass is 10.2. The first-order chi connectivity index (χ1) is 11.9. The van der Waals surface area contributed by atoms with E-state index in [0.29, 0.717) is 4.88 Å². The van der Waals surface area contributed by atoms with Crippen LogP contribution in [-0.2, 0) is 4.79 Å². The second-order valence-electron chi connectivity index (χ2n) is 5.47. The molecule has 2 atom stereocenters. The average molecular weight is 368 g/mol. The molecule has 2 amide bonds. The Morgan fingerprint density at radius 1 is 1.20 bits per heavy atom. The van der Waals surface area contributed by atoms with E-state index in [2.05, 4.69) is 10.6 Å². The summed E-state index contributed by atoms with van der Waals surface area (Å²) >= 11 is 1.28.